The van der Waals surface area contributed by atoms with Gasteiger partial charge in [-0.05, 0) is 27.7 Å². The van der Waals surface area contributed by atoms with E-state index in [4.69, 9.17) is 9.84 Å². The summed E-state index contributed by atoms with van der Waals surface area (Å²) in [5.74, 6) is -0.275. The smallest absolute Gasteiger partial charge is 0.308 e. The van der Waals surface area contributed by atoms with Gasteiger partial charge in [0, 0.05) is 24.8 Å². The fraction of sp³-hybridized carbons (Fsp3) is 0.643. The van der Waals surface area contributed by atoms with E-state index in [-0.39, 0.29) is 6.10 Å². The second-order valence-electron chi connectivity index (χ2n) is 5.09. The average Bonchev–Trinajstić information content (AvgIpc) is 2.33. The SMILES string of the molecule is CCN(CC(C)C(=O)O)c1nc(C)cc(OC(C)C)n1. The Hall–Kier alpha value is -1.85. The molecule has 1 heterocycles. The van der Waals surface area contributed by atoms with Crippen molar-refractivity contribution in [3.63, 3.8) is 0 Å². The number of carboxylic acid groups (broad SMARTS) is 1. The molecule has 0 bridgehead atoms. The van der Waals surface area contributed by atoms with E-state index in [0.29, 0.717) is 24.9 Å². The predicted octanol–water partition coefficient (Wildman–Crippen LogP) is 2.12. The summed E-state index contributed by atoms with van der Waals surface area (Å²) >= 11 is 0. The van der Waals surface area contributed by atoms with Gasteiger partial charge >= 0.3 is 5.97 Å². The molecule has 1 N–H and O–H groups in total. The minimum atomic E-state index is -0.824. The van der Waals surface area contributed by atoms with Crippen molar-refractivity contribution < 1.29 is 14.6 Å². The van der Waals surface area contributed by atoms with Crippen LogP contribution in [0.15, 0.2) is 6.07 Å². The number of ether oxygens (including phenoxy) is 1. The highest BCUT2D eigenvalue weighted by atomic mass is 16.5. The highest BCUT2D eigenvalue weighted by Crippen LogP contribution is 2.17. The van der Waals surface area contributed by atoms with E-state index < -0.39 is 11.9 Å². The van der Waals surface area contributed by atoms with Crippen molar-refractivity contribution in [3.05, 3.63) is 11.8 Å². The number of rotatable bonds is 7. The van der Waals surface area contributed by atoms with E-state index in [9.17, 15) is 4.79 Å². The van der Waals surface area contributed by atoms with Gasteiger partial charge in [0.05, 0.1) is 12.0 Å². The van der Waals surface area contributed by atoms with Crippen LogP contribution in [-0.4, -0.2) is 40.2 Å². The van der Waals surface area contributed by atoms with Gasteiger partial charge in [0.2, 0.25) is 11.8 Å². The number of carboxylic acids is 1. The first-order valence-electron chi connectivity index (χ1n) is 6.83. The lowest BCUT2D eigenvalue weighted by Crippen LogP contribution is -2.33. The van der Waals surface area contributed by atoms with Crippen LogP contribution in [0.2, 0.25) is 0 Å². The van der Waals surface area contributed by atoms with Gasteiger partial charge in [0.15, 0.2) is 0 Å². The molecule has 0 saturated heterocycles. The Morgan fingerprint density at radius 2 is 2.05 bits per heavy atom. The van der Waals surface area contributed by atoms with E-state index in [0.717, 1.165) is 5.69 Å². The summed E-state index contributed by atoms with van der Waals surface area (Å²) in [7, 11) is 0. The first kappa shape index (κ1) is 16.2. The van der Waals surface area contributed by atoms with Gasteiger partial charge in [-0.25, -0.2) is 4.98 Å². The standard InChI is InChI=1S/C14H23N3O3/c1-6-17(8-10(4)13(18)19)14-15-11(5)7-12(16-14)20-9(2)3/h7,9-10H,6,8H2,1-5H3,(H,18,19). The normalized spacial score (nSPS) is 12.3. The molecule has 20 heavy (non-hydrogen) atoms. The maximum Gasteiger partial charge on any atom is 0.308 e. The second kappa shape index (κ2) is 7.07. The van der Waals surface area contributed by atoms with Crippen LogP contribution in [0.1, 0.15) is 33.4 Å². The largest absolute Gasteiger partial charge is 0.481 e. The van der Waals surface area contributed by atoms with Crippen molar-refractivity contribution in [2.75, 3.05) is 18.0 Å². The zero-order chi connectivity index (χ0) is 15.3. The zero-order valence-corrected chi connectivity index (χ0v) is 12.8. The molecule has 1 aromatic rings. The van der Waals surface area contributed by atoms with E-state index in [1.807, 2.05) is 32.6 Å². The average molecular weight is 281 g/mol. The van der Waals surface area contributed by atoms with Crippen LogP contribution in [0.4, 0.5) is 5.95 Å². The molecular formula is C14H23N3O3. The number of aryl methyl sites for hydroxylation is 1. The summed E-state index contributed by atoms with van der Waals surface area (Å²) in [5, 5.41) is 9.01. The Kier molecular flexibility index (Phi) is 5.73. The van der Waals surface area contributed by atoms with Crippen LogP contribution in [-0.2, 0) is 4.79 Å². The molecule has 0 saturated carbocycles. The molecule has 1 aromatic heterocycles. The number of hydrogen-bond donors (Lipinski definition) is 1. The number of aromatic nitrogens is 2. The minimum absolute atomic E-state index is 0.0326. The van der Waals surface area contributed by atoms with Crippen molar-refractivity contribution in [3.8, 4) is 5.88 Å². The Balaban J connectivity index is 2.96. The molecule has 6 nitrogen and oxygen atoms in total. The predicted molar refractivity (Wildman–Crippen MR) is 77.2 cm³/mol. The number of aliphatic carboxylic acids is 1. The van der Waals surface area contributed by atoms with Gasteiger partial charge in [0.25, 0.3) is 0 Å². The monoisotopic (exact) mass is 281 g/mol. The third-order valence-electron chi connectivity index (χ3n) is 2.76. The molecule has 0 aliphatic carbocycles. The van der Waals surface area contributed by atoms with Gasteiger partial charge in [-0.1, -0.05) is 6.92 Å². The van der Waals surface area contributed by atoms with Crippen molar-refractivity contribution in [2.45, 2.75) is 40.7 Å². The van der Waals surface area contributed by atoms with Crippen molar-refractivity contribution in [2.24, 2.45) is 5.92 Å². The molecule has 0 aromatic carbocycles. The molecule has 0 amide bonds. The van der Waals surface area contributed by atoms with Crippen LogP contribution in [0.5, 0.6) is 5.88 Å². The van der Waals surface area contributed by atoms with Gasteiger partial charge in [-0.3, -0.25) is 4.79 Å². The Morgan fingerprint density at radius 1 is 1.40 bits per heavy atom. The first-order valence-corrected chi connectivity index (χ1v) is 6.83. The van der Waals surface area contributed by atoms with Crippen LogP contribution in [0.3, 0.4) is 0 Å². The molecule has 0 aliphatic heterocycles. The number of anilines is 1. The Morgan fingerprint density at radius 3 is 2.55 bits per heavy atom. The quantitative estimate of drug-likeness (QED) is 0.825. The Bertz CT molecular complexity index is 463. The molecule has 1 atom stereocenters. The molecule has 1 rings (SSSR count). The van der Waals surface area contributed by atoms with Crippen LogP contribution < -0.4 is 9.64 Å². The third kappa shape index (κ3) is 4.68. The van der Waals surface area contributed by atoms with Crippen LogP contribution in [0.25, 0.3) is 0 Å². The fourth-order valence-corrected chi connectivity index (χ4v) is 1.73. The van der Waals surface area contributed by atoms with Crippen molar-refractivity contribution in [1.29, 1.82) is 0 Å². The summed E-state index contributed by atoms with van der Waals surface area (Å²) in [6.07, 6.45) is 0.0326. The second-order valence-corrected chi connectivity index (χ2v) is 5.09. The topological polar surface area (TPSA) is 75.6 Å². The third-order valence-corrected chi connectivity index (χ3v) is 2.76. The number of nitrogens with zero attached hydrogens (tertiary/aromatic N) is 3. The lowest BCUT2D eigenvalue weighted by Gasteiger charge is -2.23. The van der Waals surface area contributed by atoms with Crippen LogP contribution in [0, 0.1) is 12.8 Å². The van der Waals surface area contributed by atoms with Gasteiger partial charge in [0.1, 0.15) is 0 Å². The fourth-order valence-electron chi connectivity index (χ4n) is 1.73. The summed E-state index contributed by atoms with van der Waals surface area (Å²) in [5.41, 5.74) is 0.798. The molecule has 0 fully saturated rings. The summed E-state index contributed by atoms with van der Waals surface area (Å²) < 4.78 is 5.59. The maximum atomic E-state index is 11.0. The highest BCUT2D eigenvalue weighted by Gasteiger charge is 2.18. The minimum Gasteiger partial charge on any atom is -0.481 e. The Labute approximate surface area is 119 Å². The van der Waals surface area contributed by atoms with Crippen molar-refractivity contribution in [1.82, 2.24) is 9.97 Å². The molecular weight excluding hydrogens is 258 g/mol. The van der Waals surface area contributed by atoms with Crippen molar-refractivity contribution >= 4 is 11.9 Å². The zero-order valence-electron chi connectivity index (χ0n) is 12.8. The molecule has 112 valence electrons. The lowest BCUT2D eigenvalue weighted by atomic mass is 10.2. The van der Waals surface area contributed by atoms with E-state index in [1.165, 1.54) is 0 Å². The molecule has 0 radical (unpaired) electrons. The molecule has 1 unspecified atom stereocenters. The summed E-state index contributed by atoms with van der Waals surface area (Å²) in [6.45, 7) is 10.4. The van der Waals surface area contributed by atoms with E-state index in [2.05, 4.69) is 9.97 Å². The van der Waals surface area contributed by atoms with Gasteiger partial charge in [-0.2, -0.15) is 4.98 Å². The van der Waals surface area contributed by atoms with Crippen LogP contribution >= 0.6 is 0 Å². The molecule has 0 spiro atoms. The van der Waals surface area contributed by atoms with E-state index in [1.54, 1.807) is 13.0 Å². The number of carbonyl (C=O) groups is 1. The maximum absolute atomic E-state index is 11.0. The highest BCUT2D eigenvalue weighted by molar-refractivity contribution is 5.70. The van der Waals surface area contributed by atoms with Gasteiger partial charge < -0.3 is 14.7 Å². The molecule has 0 aliphatic rings. The summed E-state index contributed by atoms with van der Waals surface area (Å²) in [4.78, 5) is 21.5. The van der Waals surface area contributed by atoms with Gasteiger partial charge in [-0.15, -0.1) is 0 Å². The van der Waals surface area contributed by atoms with E-state index >= 15 is 0 Å². The summed E-state index contributed by atoms with van der Waals surface area (Å²) in [6, 6.07) is 1.78. The first-order chi connectivity index (χ1) is 9.33. The number of hydrogen-bond acceptors (Lipinski definition) is 5. The lowest BCUT2D eigenvalue weighted by molar-refractivity contribution is -0.140. The molecule has 6 heteroatoms.